The maximum Gasteiger partial charge on any atom is 0.148 e. The lowest BCUT2D eigenvalue weighted by molar-refractivity contribution is 0.179. The van der Waals surface area contributed by atoms with E-state index >= 15 is 0 Å². The van der Waals surface area contributed by atoms with Crippen LogP contribution in [0.5, 0.6) is 0 Å². The minimum absolute atomic E-state index is 0. The van der Waals surface area contributed by atoms with Crippen LogP contribution in [0.4, 0.5) is 0 Å². The smallest absolute Gasteiger partial charge is 0.148 e. The summed E-state index contributed by atoms with van der Waals surface area (Å²) in [6, 6.07) is 0.568. The Balaban J connectivity index is 0.00000225. The number of nitrogens with one attached hydrogen (secondary N) is 1. The number of sulfone groups is 1. The Morgan fingerprint density at radius 3 is 2.31 bits per heavy atom. The van der Waals surface area contributed by atoms with Crippen molar-refractivity contribution in [2.24, 2.45) is 0 Å². The fourth-order valence-corrected chi connectivity index (χ4v) is 2.62. The van der Waals surface area contributed by atoms with Crippen molar-refractivity contribution in [3.8, 4) is 0 Å². The van der Waals surface area contributed by atoms with E-state index < -0.39 is 9.84 Å². The van der Waals surface area contributed by atoms with Crippen LogP contribution in [0.25, 0.3) is 0 Å². The monoisotopic (exact) mass is 270 g/mol. The third-order valence-corrected chi connectivity index (χ3v) is 3.90. The van der Waals surface area contributed by atoms with Gasteiger partial charge in [-0.2, -0.15) is 0 Å². The molecule has 6 heteroatoms. The lowest BCUT2D eigenvalue weighted by Crippen LogP contribution is -2.44. The van der Waals surface area contributed by atoms with Crippen LogP contribution in [-0.4, -0.2) is 57.5 Å². The number of hydrogen-bond donors (Lipinski definition) is 1. The van der Waals surface area contributed by atoms with Crippen molar-refractivity contribution < 1.29 is 8.42 Å². The van der Waals surface area contributed by atoms with Gasteiger partial charge in [0.05, 0.1) is 5.75 Å². The molecule has 0 aromatic rings. The second-order valence-corrected chi connectivity index (χ2v) is 6.50. The number of halogens is 1. The Morgan fingerprint density at radius 1 is 1.31 bits per heavy atom. The zero-order chi connectivity index (χ0) is 11.3. The lowest BCUT2D eigenvalue weighted by atomic mass is 10.1. The first-order valence-corrected chi connectivity index (χ1v) is 7.71. The molecule has 0 atom stereocenters. The van der Waals surface area contributed by atoms with Crippen LogP contribution in [0, 0.1) is 0 Å². The van der Waals surface area contributed by atoms with Crippen LogP contribution in [0.2, 0.25) is 0 Å². The highest BCUT2D eigenvalue weighted by atomic mass is 35.5. The Hall–Kier alpha value is 0.160. The van der Waals surface area contributed by atoms with E-state index in [1.807, 2.05) is 0 Å². The van der Waals surface area contributed by atoms with Gasteiger partial charge >= 0.3 is 0 Å². The van der Waals surface area contributed by atoms with E-state index in [0.717, 1.165) is 32.5 Å². The second-order valence-electron chi connectivity index (χ2n) is 4.24. The van der Waals surface area contributed by atoms with E-state index in [1.165, 1.54) is 6.26 Å². The van der Waals surface area contributed by atoms with Crippen molar-refractivity contribution in [1.82, 2.24) is 10.2 Å². The zero-order valence-electron chi connectivity index (χ0n) is 10.1. The molecule has 1 saturated heterocycles. The topological polar surface area (TPSA) is 49.4 Å². The Kier molecular flexibility index (Phi) is 7.55. The van der Waals surface area contributed by atoms with Gasteiger partial charge in [-0.15, -0.1) is 12.4 Å². The maximum atomic E-state index is 11.1. The van der Waals surface area contributed by atoms with Gasteiger partial charge < -0.3 is 5.32 Å². The average molecular weight is 271 g/mol. The summed E-state index contributed by atoms with van der Waals surface area (Å²) in [5.41, 5.74) is 0. The van der Waals surface area contributed by atoms with E-state index in [2.05, 4.69) is 17.1 Å². The summed E-state index contributed by atoms with van der Waals surface area (Å²) in [6.07, 6.45) is 3.58. The molecule has 0 aromatic carbocycles. The molecule has 0 spiro atoms. The molecule has 4 nitrogen and oxygen atoms in total. The summed E-state index contributed by atoms with van der Waals surface area (Å²) in [6.45, 7) is 5.84. The molecular formula is C10H23ClN2O2S. The highest BCUT2D eigenvalue weighted by Crippen LogP contribution is 2.11. The summed E-state index contributed by atoms with van der Waals surface area (Å²) in [4.78, 5) is 2.29. The van der Waals surface area contributed by atoms with E-state index in [0.29, 0.717) is 12.6 Å². The summed E-state index contributed by atoms with van der Waals surface area (Å²) in [5.74, 6) is 0.283. The minimum Gasteiger partial charge on any atom is -0.317 e. The predicted octanol–water partition coefficient (Wildman–Crippen LogP) is 0.527. The molecule has 1 heterocycles. The first-order valence-electron chi connectivity index (χ1n) is 5.65. The minimum atomic E-state index is -2.83. The van der Waals surface area contributed by atoms with Crippen LogP contribution in [0.15, 0.2) is 0 Å². The second kappa shape index (κ2) is 7.48. The molecule has 0 aliphatic carbocycles. The summed E-state index contributed by atoms with van der Waals surface area (Å²) < 4.78 is 22.2. The molecule has 0 amide bonds. The van der Waals surface area contributed by atoms with Crippen LogP contribution < -0.4 is 5.32 Å². The predicted molar refractivity (Wildman–Crippen MR) is 70.1 cm³/mol. The molecule has 0 saturated carbocycles. The first-order chi connectivity index (χ1) is 7.03. The van der Waals surface area contributed by atoms with Gasteiger partial charge in [0.15, 0.2) is 0 Å². The summed E-state index contributed by atoms with van der Waals surface area (Å²) >= 11 is 0. The molecule has 1 aliphatic heterocycles. The third-order valence-electron chi connectivity index (χ3n) is 2.98. The largest absolute Gasteiger partial charge is 0.317 e. The van der Waals surface area contributed by atoms with Crippen LogP contribution in [0.1, 0.15) is 19.8 Å². The average Bonchev–Trinajstić information content (AvgIpc) is 2.19. The fraction of sp³-hybridized carbons (Fsp3) is 1.00. The zero-order valence-corrected chi connectivity index (χ0v) is 11.7. The lowest BCUT2D eigenvalue weighted by Gasteiger charge is -2.33. The molecule has 0 radical (unpaired) electrons. The Labute approximate surface area is 105 Å². The number of hydrogen-bond acceptors (Lipinski definition) is 4. The molecule has 16 heavy (non-hydrogen) atoms. The summed E-state index contributed by atoms with van der Waals surface area (Å²) in [7, 11) is -2.83. The molecule has 0 aromatic heterocycles. The molecule has 1 fully saturated rings. The van der Waals surface area contributed by atoms with Crippen LogP contribution in [-0.2, 0) is 9.84 Å². The molecule has 1 rings (SSSR count). The van der Waals surface area contributed by atoms with Gasteiger partial charge in [-0.25, -0.2) is 8.42 Å². The highest BCUT2D eigenvalue weighted by molar-refractivity contribution is 7.90. The van der Waals surface area contributed by atoms with E-state index in [9.17, 15) is 8.42 Å². The number of piperidine rings is 1. The number of nitrogens with zero attached hydrogens (tertiary/aromatic N) is 1. The van der Waals surface area contributed by atoms with Crippen molar-refractivity contribution in [3.05, 3.63) is 0 Å². The fourth-order valence-electron chi connectivity index (χ4n) is 2.05. The molecule has 1 N–H and O–H groups in total. The van der Waals surface area contributed by atoms with Gasteiger partial charge in [0.1, 0.15) is 9.84 Å². The molecule has 0 bridgehead atoms. The van der Waals surface area contributed by atoms with Gasteiger partial charge in [0, 0.05) is 18.8 Å². The normalized spacial score (nSPS) is 18.4. The van der Waals surface area contributed by atoms with Gasteiger partial charge in [0.25, 0.3) is 0 Å². The van der Waals surface area contributed by atoms with Gasteiger partial charge in [-0.1, -0.05) is 6.92 Å². The maximum absolute atomic E-state index is 11.1. The van der Waals surface area contributed by atoms with E-state index in [1.54, 1.807) is 0 Å². The first kappa shape index (κ1) is 16.2. The standard InChI is InChI=1S/C10H22N2O2S.ClH/c1-3-12(8-9-15(2,13)14)10-4-6-11-7-5-10;/h10-11H,3-9H2,1-2H3;1H. The SMILES string of the molecule is CCN(CCS(C)(=O)=O)C1CCNCC1.Cl. The van der Waals surface area contributed by atoms with Crippen molar-refractivity contribution >= 4 is 22.2 Å². The van der Waals surface area contributed by atoms with Gasteiger partial charge in [-0.05, 0) is 32.5 Å². The van der Waals surface area contributed by atoms with Crippen molar-refractivity contribution in [1.29, 1.82) is 0 Å². The quantitative estimate of drug-likeness (QED) is 0.792. The highest BCUT2D eigenvalue weighted by Gasteiger charge is 2.20. The van der Waals surface area contributed by atoms with E-state index in [-0.39, 0.29) is 18.2 Å². The Bertz CT molecular complexity index is 277. The third kappa shape index (κ3) is 6.03. The van der Waals surface area contributed by atoms with Gasteiger partial charge in [-0.3, -0.25) is 4.90 Å². The molecule has 98 valence electrons. The molecule has 0 unspecified atom stereocenters. The van der Waals surface area contributed by atoms with Crippen LogP contribution in [0.3, 0.4) is 0 Å². The molecular weight excluding hydrogens is 248 g/mol. The van der Waals surface area contributed by atoms with E-state index in [4.69, 9.17) is 0 Å². The van der Waals surface area contributed by atoms with Crippen molar-refractivity contribution in [3.63, 3.8) is 0 Å². The summed E-state index contributed by atoms with van der Waals surface area (Å²) in [5, 5.41) is 3.32. The van der Waals surface area contributed by atoms with Crippen molar-refractivity contribution in [2.45, 2.75) is 25.8 Å². The van der Waals surface area contributed by atoms with Crippen molar-refractivity contribution in [2.75, 3.05) is 38.2 Å². The van der Waals surface area contributed by atoms with Gasteiger partial charge in [0.2, 0.25) is 0 Å². The number of rotatable bonds is 5. The Morgan fingerprint density at radius 2 is 1.88 bits per heavy atom. The molecule has 1 aliphatic rings. The van der Waals surface area contributed by atoms with Crippen LogP contribution >= 0.6 is 12.4 Å².